The summed E-state index contributed by atoms with van der Waals surface area (Å²) >= 11 is 7.31. The number of hydrogen-bond donors (Lipinski definition) is 1. The number of nitrogens with zero attached hydrogens (tertiary/aromatic N) is 1. The van der Waals surface area contributed by atoms with Crippen LogP contribution in [-0.2, 0) is 11.3 Å². The second kappa shape index (κ2) is 9.13. The molecule has 0 aliphatic carbocycles. The summed E-state index contributed by atoms with van der Waals surface area (Å²) in [5.41, 5.74) is 0.950. The van der Waals surface area contributed by atoms with Gasteiger partial charge >= 0.3 is 0 Å². The van der Waals surface area contributed by atoms with Crippen molar-refractivity contribution in [1.29, 1.82) is 5.26 Å². The summed E-state index contributed by atoms with van der Waals surface area (Å²) < 4.78 is 5.69. The second-order valence-electron chi connectivity index (χ2n) is 5.55. The Morgan fingerprint density at radius 3 is 2.56 bits per heavy atom. The van der Waals surface area contributed by atoms with Crippen molar-refractivity contribution in [1.82, 2.24) is 5.32 Å². The molecule has 0 aliphatic heterocycles. The molecule has 1 amide bonds. The van der Waals surface area contributed by atoms with Crippen molar-refractivity contribution in [3.05, 3.63) is 88.6 Å². The molecule has 1 aromatic heterocycles. The third-order valence-electron chi connectivity index (χ3n) is 3.58. The molecule has 1 heterocycles. The maximum Gasteiger partial charge on any atom is 0.262 e. The lowest BCUT2D eigenvalue weighted by molar-refractivity contribution is -0.117. The van der Waals surface area contributed by atoms with E-state index in [4.69, 9.17) is 16.0 Å². The number of benzene rings is 2. The quantitative estimate of drug-likeness (QED) is 0.454. The van der Waals surface area contributed by atoms with Crippen LogP contribution in [0, 0.1) is 11.3 Å². The Labute approximate surface area is 166 Å². The summed E-state index contributed by atoms with van der Waals surface area (Å²) in [6, 6.07) is 22.3. The lowest BCUT2D eigenvalue weighted by atomic mass is 10.2. The van der Waals surface area contributed by atoms with Gasteiger partial charge in [-0.15, -0.1) is 0 Å². The van der Waals surface area contributed by atoms with Gasteiger partial charge in [-0.3, -0.25) is 4.79 Å². The Bertz CT molecular complexity index is 989. The molecule has 0 bridgehead atoms. The minimum Gasteiger partial charge on any atom is -0.450 e. The lowest BCUT2D eigenvalue weighted by Crippen LogP contribution is -2.23. The van der Waals surface area contributed by atoms with Crippen LogP contribution in [0.25, 0.3) is 6.08 Å². The minimum atomic E-state index is -0.440. The smallest absolute Gasteiger partial charge is 0.262 e. The fourth-order valence-electron chi connectivity index (χ4n) is 2.25. The monoisotopic (exact) mass is 394 g/mol. The van der Waals surface area contributed by atoms with Crippen molar-refractivity contribution in [2.75, 3.05) is 0 Å². The molecular formula is C21H15ClN2O2S. The molecule has 3 rings (SSSR count). The zero-order valence-corrected chi connectivity index (χ0v) is 15.8. The van der Waals surface area contributed by atoms with Gasteiger partial charge in [-0.25, -0.2) is 0 Å². The van der Waals surface area contributed by atoms with Crippen LogP contribution in [0.5, 0.6) is 0 Å². The Kier molecular flexibility index (Phi) is 6.37. The third kappa shape index (κ3) is 5.52. The maximum atomic E-state index is 12.2. The van der Waals surface area contributed by atoms with Crippen LogP contribution in [0.1, 0.15) is 11.3 Å². The summed E-state index contributed by atoms with van der Waals surface area (Å²) in [4.78, 5) is 13.2. The number of furan rings is 1. The molecular weight excluding hydrogens is 380 g/mol. The largest absolute Gasteiger partial charge is 0.450 e. The van der Waals surface area contributed by atoms with E-state index in [0.29, 0.717) is 22.4 Å². The van der Waals surface area contributed by atoms with Gasteiger partial charge < -0.3 is 9.73 Å². The highest BCUT2D eigenvalue weighted by molar-refractivity contribution is 7.99. The van der Waals surface area contributed by atoms with Gasteiger partial charge in [0, 0.05) is 22.5 Å². The number of hydrogen-bond acceptors (Lipinski definition) is 4. The summed E-state index contributed by atoms with van der Waals surface area (Å²) in [5.74, 6) is 0.00234. The Morgan fingerprint density at radius 1 is 1.11 bits per heavy atom. The first-order valence-electron chi connectivity index (χ1n) is 8.11. The van der Waals surface area contributed by atoms with Gasteiger partial charge in [-0.1, -0.05) is 53.7 Å². The van der Waals surface area contributed by atoms with Gasteiger partial charge in [0.2, 0.25) is 0 Å². The van der Waals surface area contributed by atoms with Crippen LogP contribution in [0.4, 0.5) is 0 Å². The number of nitrogens with one attached hydrogen (secondary N) is 1. The molecule has 0 saturated carbocycles. The molecule has 2 aromatic carbocycles. The van der Waals surface area contributed by atoms with Gasteiger partial charge in [0.05, 0.1) is 0 Å². The Hall–Kier alpha value is -2.94. The zero-order chi connectivity index (χ0) is 19.1. The molecule has 4 nitrogen and oxygen atoms in total. The maximum absolute atomic E-state index is 12.2. The molecule has 0 aliphatic rings. The number of carbonyl (C=O) groups is 1. The first-order chi connectivity index (χ1) is 13.1. The normalized spacial score (nSPS) is 11.0. The van der Waals surface area contributed by atoms with E-state index in [1.165, 1.54) is 17.8 Å². The molecule has 0 atom stereocenters. The van der Waals surface area contributed by atoms with Gasteiger partial charge in [0.25, 0.3) is 5.91 Å². The average Bonchev–Trinajstić information content (AvgIpc) is 3.14. The molecule has 0 fully saturated rings. The second-order valence-corrected chi connectivity index (χ2v) is 7.07. The fourth-order valence-corrected chi connectivity index (χ4v) is 3.15. The minimum absolute atomic E-state index is 0.0108. The molecule has 0 radical (unpaired) electrons. The molecule has 6 heteroatoms. The molecule has 134 valence electrons. The van der Waals surface area contributed by atoms with Gasteiger partial charge in [-0.2, -0.15) is 5.26 Å². The topological polar surface area (TPSA) is 66.0 Å². The zero-order valence-electron chi connectivity index (χ0n) is 14.2. The van der Waals surface area contributed by atoms with Crippen LogP contribution in [0.15, 0.2) is 86.7 Å². The first-order valence-corrected chi connectivity index (χ1v) is 9.30. The van der Waals surface area contributed by atoms with Crippen LogP contribution >= 0.6 is 23.4 Å². The first kappa shape index (κ1) is 18.8. The summed E-state index contributed by atoms with van der Waals surface area (Å²) in [6.45, 7) is 0.356. The standard InChI is InChI=1S/C21H15ClN2O2S/c22-17-6-9-19(10-7-17)27-20-11-8-18(26-20)12-16(13-23)21(25)24-14-15-4-2-1-3-5-15/h1-12H,14H2,(H,24,25). The van der Waals surface area contributed by atoms with Gasteiger partial charge in [0.1, 0.15) is 17.4 Å². The van der Waals surface area contributed by atoms with E-state index in [-0.39, 0.29) is 5.57 Å². The fraction of sp³-hybridized carbons (Fsp3) is 0.0476. The molecule has 0 saturated heterocycles. The molecule has 0 spiro atoms. The highest BCUT2D eigenvalue weighted by Gasteiger charge is 2.11. The van der Waals surface area contributed by atoms with E-state index < -0.39 is 5.91 Å². The van der Waals surface area contributed by atoms with Crippen molar-refractivity contribution in [2.24, 2.45) is 0 Å². The van der Waals surface area contributed by atoms with Crippen molar-refractivity contribution < 1.29 is 9.21 Å². The Morgan fingerprint density at radius 2 is 1.85 bits per heavy atom. The van der Waals surface area contributed by atoms with Crippen LogP contribution < -0.4 is 5.32 Å². The number of nitriles is 1. The van der Waals surface area contributed by atoms with E-state index in [2.05, 4.69) is 5.32 Å². The van der Waals surface area contributed by atoms with Crippen molar-refractivity contribution in [3.63, 3.8) is 0 Å². The summed E-state index contributed by atoms with van der Waals surface area (Å²) in [6.07, 6.45) is 1.44. The van der Waals surface area contributed by atoms with E-state index >= 15 is 0 Å². The SMILES string of the molecule is N#CC(=Cc1ccc(Sc2ccc(Cl)cc2)o1)C(=O)NCc1ccccc1. The third-order valence-corrected chi connectivity index (χ3v) is 4.76. The van der Waals surface area contributed by atoms with Crippen LogP contribution in [0.3, 0.4) is 0 Å². The van der Waals surface area contributed by atoms with E-state index in [0.717, 1.165) is 10.5 Å². The lowest BCUT2D eigenvalue weighted by Gasteiger charge is -2.03. The predicted octanol–water partition coefficient (Wildman–Crippen LogP) is 5.31. The van der Waals surface area contributed by atoms with Crippen LogP contribution in [0.2, 0.25) is 5.02 Å². The molecule has 1 N–H and O–H groups in total. The molecule has 3 aromatic rings. The molecule has 0 unspecified atom stereocenters. The number of halogens is 1. The van der Waals surface area contributed by atoms with Crippen molar-refractivity contribution in [3.8, 4) is 6.07 Å². The summed E-state index contributed by atoms with van der Waals surface area (Å²) in [7, 11) is 0. The van der Waals surface area contributed by atoms with E-state index in [1.807, 2.05) is 48.5 Å². The molecule has 27 heavy (non-hydrogen) atoms. The van der Waals surface area contributed by atoms with Gasteiger partial charge in [0.15, 0.2) is 5.09 Å². The van der Waals surface area contributed by atoms with E-state index in [9.17, 15) is 10.1 Å². The number of carbonyl (C=O) groups excluding carboxylic acids is 1. The number of amides is 1. The number of rotatable bonds is 6. The van der Waals surface area contributed by atoms with Crippen molar-refractivity contribution in [2.45, 2.75) is 16.5 Å². The van der Waals surface area contributed by atoms with E-state index in [1.54, 1.807) is 24.3 Å². The average molecular weight is 395 g/mol. The highest BCUT2D eigenvalue weighted by atomic mass is 35.5. The summed E-state index contributed by atoms with van der Waals surface area (Å²) in [5, 5.41) is 13.3. The highest BCUT2D eigenvalue weighted by Crippen LogP contribution is 2.30. The van der Waals surface area contributed by atoms with Crippen molar-refractivity contribution >= 4 is 35.3 Å². The van der Waals surface area contributed by atoms with Crippen LogP contribution in [-0.4, -0.2) is 5.91 Å². The Balaban J connectivity index is 1.65. The predicted molar refractivity (Wildman–Crippen MR) is 106 cm³/mol. The van der Waals surface area contributed by atoms with Gasteiger partial charge in [-0.05, 0) is 42.0 Å².